The number of benzene rings is 2. The lowest BCUT2D eigenvalue weighted by molar-refractivity contribution is -0.116. The van der Waals surface area contributed by atoms with Gasteiger partial charge in [0.1, 0.15) is 10.0 Å². The number of nitrogens with zero attached hydrogens (tertiary/aromatic N) is 2. The van der Waals surface area contributed by atoms with Crippen molar-refractivity contribution in [3.05, 3.63) is 81.3 Å². The van der Waals surface area contributed by atoms with Crippen molar-refractivity contribution in [3.63, 3.8) is 0 Å². The summed E-state index contributed by atoms with van der Waals surface area (Å²) in [5.41, 5.74) is 0.537. The van der Waals surface area contributed by atoms with Crippen LogP contribution in [0.3, 0.4) is 0 Å². The van der Waals surface area contributed by atoms with Gasteiger partial charge in [-0.1, -0.05) is 11.6 Å². The monoisotopic (exact) mass is 532 g/mol. The van der Waals surface area contributed by atoms with Crippen LogP contribution >= 0.6 is 22.9 Å². The third kappa shape index (κ3) is 5.26. The first-order valence-electron chi connectivity index (χ1n) is 10.1. The molecule has 8 nitrogen and oxygen atoms in total. The average Bonchev–Trinajstić information content (AvgIpc) is 3.26. The first-order valence-corrected chi connectivity index (χ1v) is 12.4. The third-order valence-corrected chi connectivity index (χ3v) is 7.73. The molecule has 0 aliphatic heterocycles. The lowest BCUT2D eigenvalue weighted by Crippen LogP contribution is -2.30. The van der Waals surface area contributed by atoms with E-state index in [4.69, 9.17) is 11.6 Å². The lowest BCUT2D eigenvalue weighted by Gasteiger charge is -2.17. The van der Waals surface area contributed by atoms with E-state index in [2.05, 4.69) is 10.0 Å². The van der Waals surface area contributed by atoms with Gasteiger partial charge >= 0.3 is 6.03 Å². The minimum absolute atomic E-state index is 0.0824. The van der Waals surface area contributed by atoms with E-state index >= 15 is 0 Å². The SMILES string of the molecule is CC(=O)N(C)c1cc2ccn(-c3ccc(NC(=O)NS(=O)c4ccc(Cl)s4)cc3)c(=O)c2cc1F. The molecule has 180 valence electrons. The van der Waals surface area contributed by atoms with Crippen LogP contribution in [0.25, 0.3) is 16.5 Å². The van der Waals surface area contributed by atoms with Crippen molar-refractivity contribution in [3.8, 4) is 5.69 Å². The fraction of sp³-hybridized carbons (Fsp3) is 0.0870. The molecular weight excluding hydrogens is 515 g/mol. The molecule has 3 amide bonds. The van der Waals surface area contributed by atoms with Crippen LogP contribution < -0.4 is 20.5 Å². The third-order valence-electron chi connectivity index (χ3n) is 5.13. The number of carbonyl (C=O) groups is 2. The second-order valence-corrected chi connectivity index (χ2v) is 10.5. The number of fused-ring (bicyclic) bond motifs is 1. The van der Waals surface area contributed by atoms with Gasteiger partial charge in [-0.2, -0.15) is 0 Å². The van der Waals surface area contributed by atoms with Gasteiger partial charge in [-0.15, -0.1) is 11.3 Å². The van der Waals surface area contributed by atoms with Crippen molar-refractivity contribution in [1.29, 1.82) is 0 Å². The summed E-state index contributed by atoms with van der Waals surface area (Å²) in [6.07, 6.45) is 1.55. The van der Waals surface area contributed by atoms with Crippen molar-refractivity contribution < 1.29 is 18.2 Å². The van der Waals surface area contributed by atoms with Crippen LogP contribution in [0.15, 0.2) is 69.8 Å². The van der Waals surface area contributed by atoms with Crippen molar-refractivity contribution in [2.75, 3.05) is 17.3 Å². The van der Waals surface area contributed by atoms with Crippen molar-refractivity contribution in [2.24, 2.45) is 0 Å². The van der Waals surface area contributed by atoms with E-state index in [0.29, 0.717) is 25.3 Å². The number of amides is 3. The first kappa shape index (κ1) is 24.6. The molecule has 2 heterocycles. The predicted molar refractivity (Wildman–Crippen MR) is 136 cm³/mol. The Labute approximate surface area is 210 Å². The highest BCUT2D eigenvalue weighted by molar-refractivity contribution is 7.86. The molecule has 4 aromatic rings. The zero-order valence-corrected chi connectivity index (χ0v) is 20.8. The molecule has 0 radical (unpaired) electrons. The van der Waals surface area contributed by atoms with Gasteiger partial charge in [0.25, 0.3) is 5.56 Å². The molecule has 2 N–H and O–H groups in total. The number of thiophene rings is 1. The summed E-state index contributed by atoms with van der Waals surface area (Å²) in [7, 11) is -0.295. The second-order valence-electron chi connectivity index (χ2n) is 7.39. The largest absolute Gasteiger partial charge is 0.331 e. The number of urea groups is 1. The van der Waals surface area contributed by atoms with Crippen molar-refractivity contribution >= 4 is 68.0 Å². The number of aromatic nitrogens is 1. The smallest absolute Gasteiger partial charge is 0.313 e. The Hall–Kier alpha value is -3.54. The highest BCUT2D eigenvalue weighted by Gasteiger charge is 2.15. The molecule has 2 aromatic carbocycles. The maximum atomic E-state index is 14.6. The summed E-state index contributed by atoms with van der Waals surface area (Å²) < 4.78 is 31.3. The van der Waals surface area contributed by atoms with Crippen LogP contribution in [0.4, 0.5) is 20.6 Å². The fourth-order valence-corrected chi connectivity index (χ4v) is 5.40. The zero-order chi connectivity index (χ0) is 25.3. The quantitative estimate of drug-likeness (QED) is 0.390. The fourth-order valence-electron chi connectivity index (χ4n) is 3.28. The summed E-state index contributed by atoms with van der Waals surface area (Å²) in [5, 5.41) is 3.21. The number of halogens is 2. The molecule has 0 fully saturated rings. The Morgan fingerprint density at radius 3 is 2.46 bits per heavy atom. The van der Waals surface area contributed by atoms with E-state index in [0.717, 1.165) is 17.4 Å². The van der Waals surface area contributed by atoms with Crippen molar-refractivity contribution in [1.82, 2.24) is 9.29 Å². The molecular formula is C23H18ClFN4O4S2. The molecule has 12 heteroatoms. The maximum absolute atomic E-state index is 14.6. The number of hydrogen-bond acceptors (Lipinski definition) is 5. The molecule has 1 atom stereocenters. The Kier molecular flexibility index (Phi) is 7.01. The van der Waals surface area contributed by atoms with Gasteiger partial charge in [0.2, 0.25) is 5.91 Å². The standard InChI is InChI=1S/C23H18ClFN4O4S2/c1-13(30)28(2)19-11-14-9-10-29(22(31)17(14)12-18(19)25)16-5-3-15(4-6-16)26-23(32)27-35(33)21-8-7-20(24)34-21/h3-12H,1-2H3,(H2,26,27,32). The Bertz CT molecular complexity index is 1540. The molecule has 4 rings (SSSR count). The summed E-state index contributed by atoms with van der Waals surface area (Å²) in [4.78, 5) is 37.9. The van der Waals surface area contributed by atoms with Gasteiger partial charge in [0.05, 0.1) is 15.4 Å². The molecule has 0 saturated heterocycles. The van der Waals surface area contributed by atoms with E-state index in [9.17, 15) is 23.0 Å². The minimum Gasteiger partial charge on any atom is -0.313 e. The average molecular weight is 533 g/mol. The highest BCUT2D eigenvalue weighted by Crippen LogP contribution is 2.25. The number of rotatable bonds is 5. The number of anilines is 2. The molecule has 1 unspecified atom stereocenters. The van der Waals surface area contributed by atoms with Crippen LogP contribution in [0.1, 0.15) is 6.92 Å². The van der Waals surface area contributed by atoms with E-state index in [-0.39, 0.29) is 17.0 Å². The van der Waals surface area contributed by atoms with Gasteiger partial charge in [-0.05, 0) is 60.0 Å². The Morgan fingerprint density at radius 2 is 1.83 bits per heavy atom. The second kappa shape index (κ2) is 9.98. The van der Waals surface area contributed by atoms with Gasteiger partial charge in [-0.25, -0.2) is 13.4 Å². The molecule has 0 bridgehead atoms. The molecule has 35 heavy (non-hydrogen) atoms. The van der Waals surface area contributed by atoms with E-state index in [1.165, 1.54) is 29.5 Å². The molecule has 0 aliphatic rings. The van der Waals surface area contributed by atoms with Crippen LogP contribution in [-0.2, 0) is 15.8 Å². The zero-order valence-electron chi connectivity index (χ0n) is 18.4. The topological polar surface area (TPSA) is 101 Å². The van der Waals surface area contributed by atoms with Crippen LogP contribution in [0.2, 0.25) is 4.34 Å². The molecule has 0 aliphatic carbocycles. The number of hydrogen-bond donors (Lipinski definition) is 2. The molecule has 0 spiro atoms. The van der Waals surface area contributed by atoms with E-state index < -0.39 is 28.4 Å². The van der Waals surface area contributed by atoms with Gasteiger partial charge < -0.3 is 10.2 Å². The van der Waals surface area contributed by atoms with Gasteiger partial charge in [-0.3, -0.25) is 18.9 Å². The van der Waals surface area contributed by atoms with E-state index in [1.807, 2.05) is 0 Å². The normalized spacial score (nSPS) is 11.8. The Balaban J connectivity index is 1.53. The lowest BCUT2D eigenvalue weighted by atomic mass is 10.1. The number of nitrogens with one attached hydrogen (secondary N) is 2. The molecule has 0 saturated carbocycles. The number of carbonyl (C=O) groups excluding carboxylic acids is 2. The summed E-state index contributed by atoms with van der Waals surface area (Å²) in [5.74, 6) is -1.01. The number of pyridine rings is 1. The van der Waals surface area contributed by atoms with Crippen molar-refractivity contribution in [2.45, 2.75) is 11.1 Å². The minimum atomic E-state index is -1.75. The van der Waals surface area contributed by atoms with Crippen LogP contribution in [0, 0.1) is 5.82 Å². The molecule has 2 aromatic heterocycles. The summed E-state index contributed by atoms with van der Waals surface area (Å²) in [6, 6.07) is 13.0. The summed E-state index contributed by atoms with van der Waals surface area (Å²) in [6.45, 7) is 1.32. The predicted octanol–water partition coefficient (Wildman–Crippen LogP) is 4.67. The van der Waals surface area contributed by atoms with Crippen LogP contribution in [0.5, 0.6) is 0 Å². The van der Waals surface area contributed by atoms with Gasteiger partial charge in [0.15, 0.2) is 11.0 Å². The Morgan fingerprint density at radius 1 is 1.11 bits per heavy atom. The van der Waals surface area contributed by atoms with Gasteiger partial charge in [0, 0.05) is 31.5 Å². The summed E-state index contributed by atoms with van der Waals surface area (Å²) >= 11 is 6.92. The van der Waals surface area contributed by atoms with Crippen LogP contribution in [-0.4, -0.2) is 27.8 Å². The maximum Gasteiger partial charge on any atom is 0.331 e. The van der Waals surface area contributed by atoms with E-state index in [1.54, 1.807) is 48.7 Å². The first-order chi connectivity index (χ1) is 16.6. The highest BCUT2D eigenvalue weighted by atomic mass is 35.5.